The van der Waals surface area contributed by atoms with E-state index in [2.05, 4.69) is 15.3 Å². The van der Waals surface area contributed by atoms with E-state index in [-0.39, 0.29) is 11.7 Å². The maximum Gasteiger partial charge on any atom is 0.417 e. The molecule has 1 N–H and O–H groups in total. The molecule has 1 saturated heterocycles. The molecule has 10 heteroatoms. The predicted octanol–water partition coefficient (Wildman–Crippen LogP) is 4.86. The topological polar surface area (TPSA) is 78.4 Å². The fourth-order valence-electron chi connectivity index (χ4n) is 4.05. The number of alkyl halides is 3. The number of para-hydroxylation sites is 1. The first-order valence-electron chi connectivity index (χ1n) is 10.5. The number of fused-ring (bicyclic) bond motifs is 1. The third-order valence-electron chi connectivity index (χ3n) is 5.53. The Labute approximate surface area is 188 Å². The highest BCUT2D eigenvalue weighted by Crippen LogP contribution is 2.36. The zero-order chi connectivity index (χ0) is 23.8. The molecule has 0 radical (unpaired) electrons. The summed E-state index contributed by atoms with van der Waals surface area (Å²) in [5, 5.41) is 3.16. The van der Waals surface area contributed by atoms with Gasteiger partial charge in [0.25, 0.3) is 5.91 Å². The molecule has 1 aromatic carbocycles. The summed E-state index contributed by atoms with van der Waals surface area (Å²) in [4.78, 5) is 37.2. The molecule has 0 spiro atoms. The summed E-state index contributed by atoms with van der Waals surface area (Å²) in [6.45, 7) is 5.62. The Morgan fingerprint density at radius 3 is 2.70 bits per heavy atom. The van der Waals surface area contributed by atoms with Crippen LogP contribution >= 0.6 is 0 Å². The van der Waals surface area contributed by atoms with Crippen LogP contribution in [0.3, 0.4) is 0 Å². The lowest BCUT2D eigenvalue weighted by molar-refractivity contribution is -0.138. The molecular formula is C23H22F3N5O2. The lowest BCUT2D eigenvalue weighted by Gasteiger charge is -2.22. The Morgan fingerprint density at radius 2 is 1.97 bits per heavy atom. The van der Waals surface area contributed by atoms with Gasteiger partial charge in [0.05, 0.1) is 28.0 Å². The molecule has 0 bridgehead atoms. The standard InChI is InChI=1S/C23H22F3N5O2/c1-3-9-30-10-11-31(22(30)33)20-14(2)12-28-19-15(20)5-4-6-18(19)29-21(32)16-13-27-8-7-17(16)23(24,25)26/h4-8,12-13H,3,9-11H2,1-2H3,(H,29,32). The highest BCUT2D eigenvalue weighted by molar-refractivity contribution is 6.12. The Bertz CT molecular complexity index is 1230. The van der Waals surface area contributed by atoms with E-state index in [1.54, 1.807) is 34.2 Å². The van der Waals surface area contributed by atoms with Gasteiger partial charge in [-0.25, -0.2) is 4.79 Å². The normalized spacial score (nSPS) is 14.3. The van der Waals surface area contributed by atoms with Crippen molar-refractivity contribution in [3.63, 3.8) is 0 Å². The number of pyridine rings is 2. The second-order valence-corrected chi connectivity index (χ2v) is 7.79. The number of hydrogen-bond acceptors (Lipinski definition) is 4. The summed E-state index contributed by atoms with van der Waals surface area (Å²) in [5.74, 6) is -0.946. The van der Waals surface area contributed by atoms with E-state index in [9.17, 15) is 22.8 Å². The second-order valence-electron chi connectivity index (χ2n) is 7.79. The van der Waals surface area contributed by atoms with Crippen LogP contribution in [0.15, 0.2) is 42.9 Å². The number of halogens is 3. The molecule has 3 heterocycles. The van der Waals surface area contributed by atoms with Crippen LogP contribution in [0.4, 0.5) is 29.3 Å². The molecule has 7 nitrogen and oxygen atoms in total. The van der Waals surface area contributed by atoms with E-state index in [0.29, 0.717) is 36.2 Å². The molecule has 1 aliphatic rings. The Hall–Kier alpha value is -3.69. The van der Waals surface area contributed by atoms with Gasteiger partial charge < -0.3 is 10.2 Å². The lowest BCUT2D eigenvalue weighted by Crippen LogP contribution is -2.32. The van der Waals surface area contributed by atoms with Crippen molar-refractivity contribution in [2.45, 2.75) is 26.4 Å². The molecule has 0 aliphatic carbocycles. The third kappa shape index (κ3) is 4.20. The van der Waals surface area contributed by atoms with Crippen molar-refractivity contribution in [1.82, 2.24) is 14.9 Å². The van der Waals surface area contributed by atoms with Gasteiger partial charge in [0, 0.05) is 43.6 Å². The number of nitrogens with zero attached hydrogens (tertiary/aromatic N) is 4. The second kappa shape index (κ2) is 8.68. The first kappa shape index (κ1) is 22.5. The van der Waals surface area contributed by atoms with Gasteiger partial charge in [0.15, 0.2) is 0 Å². The molecule has 33 heavy (non-hydrogen) atoms. The van der Waals surface area contributed by atoms with Crippen LogP contribution in [0, 0.1) is 6.92 Å². The first-order valence-corrected chi connectivity index (χ1v) is 10.5. The highest BCUT2D eigenvalue weighted by atomic mass is 19.4. The summed E-state index contributed by atoms with van der Waals surface area (Å²) in [6, 6.07) is 5.67. The van der Waals surface area contributed by atoms with E-state index >= 15 is 0 Å². The van der Waals surface area contributed by atoms with Crippen LogP contribution in [0.1, 0.15) is 34.8 Å². The monoisotopic (exact) mass is 457 g/mol. The van der Waals surface area contributed by atoms with Gasteiger partial charge in [-0.2, -0.15) is 13.2 Å². The van der Waals surface area contributed by atoms with Gasteiger partial charge in [0.1, 0.15) is 0 Å². The average Bonchev–Trinajstić information content (AvgIpc) is 3.13. The molecule has 3 aromatic rings. The molecule has 0 unspecified atom stereocenters. The Kier molecular flexibility index (Phi) is 5.92. The van der Waals surface area contributed by atoms with Crippen LogP contribution in [-0.4, -0.2) is 46.4 Å². The van der Waals surface area contributed by atoms with E-state index in [4.69, 9.17) is 0 Å². The molecule has 0 saturated carbocycles. The van der Waals surface area contributed by atoms with Crippen molar-refractivity contribution in [3.05, 3.63) is 59.5 Å². The van der Waals surface area contributed by atoms with Crippen LogP contribution in [0.25, 0.3) is 10.9 Å². The van der Waals surface area contributed by atoms with Gasteiger partial charge in [-0.3, -0.25) is 19.7 Å². The van der Waals surface area contributed by atoms with Crippen molar-refractivity contribution in [2.24, 2.45) is 0 Å². The summed E-state index contributed by atoms with van der Waals surface area (Å²) in [6.07, 6.45) is -0.383. The van der Waals surface area contributed by atoms with Crippen LogP contribution in [0.2, 0.25) is 0 Å². The predicted molar refractivity (Wildman–Crippen MR) is 118 cm³/mol. The van der Waals surface area contributed by atoms with Crippen LogP contribution < -0.4 is 10.2 Å². The smallest absolute Gasteiger partial charge is 0.323 e. The number of benzene rings is 1. The summed E-state index contributed by atoms with van der Waals surface area (Å²) < 4.78 is 40.0. The summed E-state index contributed by atoms with van der Waals surface area (Å²) in [7, 11) is 0. The van der Waals surface area contributed by atoms with Crippen molar-refractivity contribution < 1.29 is 22.8 Å². The van der Waals surface area contributed by atoms with E-state index in [1.807, 2.05) is 13.8 Å². The summed E-state index contributed by atoms with van der Waals surface area (Å²) >= 11 is 0. The Balaban J connectivity index is 1.73. The fourth-order valence-corrected chi connectivity index (χ4v) is 4.05. The number of amides is 3. The van der Waals surface area contributed by atoms with Crippen molar-refractivity contribution in [1.29, 1.82) is 0 Å². The van der Waals surface area contributed by atoms with Crippen molar-refractivity contribution in [3.8, 4) is 0 Å². The molecular weight excluding hydrogens is 435 g/mol. The number of aromatic nitrogens is 2. The lowest BCUT2D eigenvalue weighted by atomic mass is 10.1. The van der Waals surface area contributed by atoms with E-state index in [0.717, 1.165) is 30.4 Å². The molecule has 172 valence electrons. The number of carbonyl (C=O) groups excluding carboxylic acids is 2. The summed E-state index contributed by atoms with van der Waals surface area (Å²) in [5.41, 5.74) is 0.428. The third-order valence-corrected chi connectivity index (χ3v) is 5.53. The number of carbonyl (C=O) groups is 2. The molecule has 1 aliphatic heterocycles. The zero-order valence-corrected chi connectivity index (χ0v) is 18.1. The number of nitrogens with one attached hydrogen (secondary N) is 1. The minimum Gasteiger partial charge on any atom is -0.323 e. The van der Waals surface area contributed by atoms with E-state index in [1.165, 1.54) is 0 Å². The van der Waals surface area contributed by atoms with Crippen LogP contribution in [0.5, 0.6) is 0 Å². The first-order chi connectivity index (χ1) is 15.7. The van der Waals surface area contributed by atoms with Crippen molar-refractivity contribution >= 4 is 34.2 Å². The maximum atomic E-state index is 13.3. The molecule has 2 aromatic heterocycles. The van der Waals surface area contributed by atoms with Gasteiger partial charge in [-0.05, 0) is 31.0 Å². The minimum atomic E-state index is -4.70. The molecule has 1 fully saturated rings. The number of aryl methyl sites for hydroxylation is 1. The van der Waals surface area contributed by atoms with E-state index < -0.39 is 23.2 Å². The highest BCUT2D eigenvalue weighted by Gasteiger charge is 2.35. The number of hydrogen-bond donors (Lipinski definition) is 1. The quantitative estimate of drug-likeness (QED) is 0.594. The van der Waals surface area contributed by atoms with Gasteiger partial charge >= 0.3 is 12.2 Å². The van der Waals surface area contributed by atoms with Gasteiger partial charge in [-0.15, -0.1) is 0 Å². The number of anilines is 2. The Morgan fingerprint density at radius 1 is 1.18 bits per heavy atom. The van der Waals surface area contributed by atoms with Gasteiger partial charge in [0.2, 0.25) is 0 Å². The van der Waals surface area contributed by atoms with Gasteiger partial charge in [-0.1, -0.05) is 19.1 Å². The average molecular weight is 457 g/mol. The van der Waals surface area contributed by atoms with Crippen LogP contribution in [-0.2, 0) is 6.18 Å². The largest absolute Gasteiger partial charge is 0.417 e. The number of urea groups is 1. The molecule has 4 rings (SSSR count). The minimum absolute atomic E-state index is 0.105. The zero-order valence-electron chi connectivity index (χ0n) is 18.1. The molecule has 0 atom stereocenters. The van der Waals surface area contributed by atoms with Crippen molar-refractivity contribution in [2.75, 3.05) is 29.9 Å². The molecule has 3 amide bonds. The SMILES string of the molecule is CCCN1CCN(c2c(C)cnc3c(NC(=O)c4cnccc4C(F)(F)F)cccc23)C1=O. The fraction of sp³-hybridized carbons (Fsp3) is 0.304. The number of rotatable bonds is 5. The maximum absolute atomic E-state index is 13.3.